The number of aromatic carboxylic acids is 1. The largest absolute Gasteiger partial charge is 0.478 e. The molecule has 0 aliphatic carbocycles. The number of carbonyl (C=O) groups is 1. The van der Waals surface area contributed by atoms with Crippen molar-refractivity contribution in [2.75, 3.05) is 5.75 Å². The van der Waals surface area contributed by atoms with Gasteiger partial charge in [0.1, 0.15) is 0 Å². The molecule has 0 amide bonds. The normalized spacial score (nSPS) is 13.3. The molecule has 1 rings (SSSR count). The smallest absolute Gasteiger partial charge is 0.336 e. The van der Waals surface area contributed by atoms with E-state index in [9.17, 15) is 14.1 Å². The molecule has 0 radical (unpaired) electrons. The van der Waals surface area contributed by atoms with Crippen LogP contribution in [0.4, 0.5) is 0 Å². The maximum atomic E-state index is 12.2. The number of hydrogen-bond donors (Lipinski definition) is 1. The predicted octanol–water partition coefficient (Wildman–Crippen LogP) is 3.90. The average Bonchev–Trinajstić information content (AvgIpc) is 2.34. The lowest BCUT2D eigenvalue weighted by Gasteiger charge is -2.20. The number of carboxylic acids is 1. The first-order chi connectivity index (χ1) is 8.73. The molecule has 0 heterocycles. The summed E-state index contributed by atoms with van der Waals surface area (Å²) < 4.78 is 10.4. The monoisotopic (exact) mass is 342 g/mol. The van der Waals surface area contributed by atoms with Gasteiger partial charge in [0.15, 0.2) is 0 Å². The van der Waals surface area contributed by atoms with Gasteiger partial charge >= 0.3 is 5.97 Å². The fourth-order valence-corrected chi connectivity index (χ4v) is 3.73. The zero-order valence-corrected chi connectivity index (χ0v) is 13.5. The van der Waals surface area contributed by atoms with E-state index in [0.717, 1.165) is 0 Å². The van der Waals surface area contributed by atoms with Crippen LogP contribution < -0.4 is 0 Å². The topological polar surface area (TPSA) is 54.4 Å². The molecule has 0 aliphatic heterocycles. The van der Waals surface area contributed by atoms with Crippen molar-refractivity contribution in [2.24, 2.45) is 0 Å². The first-order valence-electron chi connectivity index (χ1n) is 5.58. The van der Waals surface area contributed by atoms with Crippen LogP contribution >= 0.6 is 34.8 Å². The number of carboxylic acid groups (broad SMARTS) is 1. The number of benzene rings is 1. The zero-order chi connectivity index (χ0) is 14.8. The first-order valence-corrected chi connectivity index (χ1v) is 8.04. The van der Waals surface area contributed by atoms with E-state index >= 15 is 0 Å². The lowest BCUT2D eigenvalue weighted by molar-refractivity contribution is 0.0695. The van der Waals surface area contributed by atoms with Crippen LogP contribution in [0.15, 0.2) is 17.0 Å². The molecule has 0 aliphatic rings. The third-order valence-corrected chi connectivity index (χ3v) is 4.70. The van der Waals surface area contributed by atoms with Gasteiger partial charge in [0.2, 0.25) is 3.79 Å². The van der Waals surface area contributed by atoms with Gasteiger partial charge < -0.3 is 5.11 Å². The molecule has 0 aromatic heterocycles. The van der Waals surface area contributed by atoms with Gasteiger partial charge in [-0.25, -0.2) is 4.79 Å². The molecule has 1 N–H and O–H groups in total. The molecule has 0 spiro atoms. The van der Waals surface area contributed by atoms with Crippen molar-refractivity contribution in [3.05, 3.63) is 28.8 Å². The van der Waals surface area contributed by atoms with Crippen LogP contribution in [0, 0.1) is 0 Å². The van der Waals surface area contributed by atoms with Crippen LogP contribution in [0.5, 0.6) is 0 Å². The molecule has 0 saturated heterocycles. The molecule has 0 saturated carbocycles. The van der Waals surface area contributed by atoms with Crippen molar-refractivity contribution in [3.63, 3.8) is 0 Å². The van der Waals surface area contributed by atoms with Gasteiger partial charge in [0.25, 0.3) is 0 Å². The van der Waals surface area contributed by atoms with E-state index < -0.39 is 20.6 Å². The number of halogens is 3. The van der Waals surface area contributed by atoms with Gasteiger partial charge in [-0.05, 0) is 18.1 Å². The van der Waals surface area contributed by atoms with E-state index in [4.69, 9.17) is 34.8 Å². The fraction of sp³-hybridized carbons (Fsp3) is 0.417. The maximum absolute atomic E-state index is 12.2. The van der Waals surface area contributed by atoms with Crippen molar-refractivity contribution in [1.29, 1.82) is 0 Å². The first kappa shape index (κ1) is 16.8. The van der Waals surface area contributed by atoms with E-state index in [-0.39, 0.29) is 11.1 Å². The molecular weight excluding hydrogens is 331 g/mol. The Labute approximate surface area is 129 Å². The summed E-state index contributed by atoms with van der Waals surface area (Å²) in [6.07, 6.45) is 0.400. The molecule has 19 heavy (non-hydrogen) atoms. The Kier molecular flexibility index (Phi) is 5.68. The van der Waals surface area contributed by atoms with Gasteiger partial charge in [-0.3, -0.25) is 4.21 Å². The highest BCUT2D eigenvalue weighted by Crippen LogP contribution is 2.42. The Morgan fingerprint density at radius 1 is 1.32 bits per heavy atom. The molecular formula is C12H13Cl3O3S. The molecule has 0 bridgehead atoms. The maximum Gasteiger partial charge on any atom is 0.336 e. The molecule has 7 heteroatoms. The molecule has 1 aromatic carbocycles. The van der Waals surface area contributed by atoms with E-state index in [1.54, 1.807) is 13.8 Å². The summed E-state index contributed by atoms with van der Waals surface area (Å²) in [5, 5.41) is 9.17. The number of hydrogen-bond acceptors (Lipinski definition) is 2. The summed E-state index contributed by atoms with van der Waals surface area (Å²) >= 11 is 17.6. The van der Waals surface area contributed by atoms with Crippen molar-refractivity contribution in [1.82, 2.24) is 0 Å². The fourth-order valence-electron chi connectivity index (χ4n) is 1.81. The minimum absolute atomic E-state index is 0.0947. The van der Waals surface area contributed by atoms with E-state index in [1.807, 2.05) is 0 Å². The predicted molar refractivity (Wildman–Crippen MR) is 79.0 cm³/mol. The minimum atomic E-state index is -1.74. The zero-order valence-electron chi connectivity index (χ0n) is 10.4. The summed E-state index contributed by atoms with van der Waals surface area (Å²) in [6, 6.07) is 2.80. The second-order valence-electron chi connectivity index (χ2n) is 3.76. The van der Waals surface area contributed by atoms with Crippen LogP contribution in [0.25, 0.3) is 0 Å². The lowest BCUT2D eigenvalue weighted by Crippen LogP contribution is -2.14. The van der Waals surface area contributed by atoms with Crippen LogP contribution in [-0.4, -0.2) is 21.0 Å². The van der Waals surface area contributed by atoms with Crippen molar-refractivity contribution < 1.29 is 14.1 Å². The van der Waals surface area contributed by atoms with Gasteiger partial charge in [0.05, 0.1) is 21.3 Å². The molecule has 3 nitrogen and oxygen atoms in total. The van der Waals surface area contributed by atoms with Gasteiger partial charge in [-0.2, -0.15) is 0 Å². The number of alkyl halides is 3. The summed E-state index contributed by atoms with van der Waals surface area (Å²) in [5.41, 5.74) is 0.827. The van der Waals surface area contributed by atoms with E-state index in [1.165, 1.54) is 12.1 Å². The Morgan fingerprint density at radius 3 is 2.26 bits per heavy atom. The van der Waals surface area contributed by atoms with Crippen LogP contribution in [0.3, 0.4) is 0 Å². The quantitative estimate of drug-likeness (QED) is 0.844. The summed E-state index contributed by atoms with van der Waals surface area (Å²) in [6.45, 7) is 3.51. The minimum Gasteiger partial charge on any atom is -0.478 e. The highest BCUT2D eigenvalue weighted by atomic mass is 35.6. The third-order valence-electron chi connectivity index (χ3n) is 2.64. The molecule has 0 fully saturated rings. The van der Waals surface area contributed by atoms with Crippen LogP contribution in [0.1, 0.15) is 35.3 Å². The second kappa shape index (κ2) is 6.44. The average molecular weight is 344 g/mol. The molecule has 1 aromatic rings. The molecule has 1 atom stereocenters. The highest BCUT2D eigenvalue weighted by Gasteiger charge is 2.31. The van der Waals surface area contributed by atoms with E-state index in [0.29, 0.717) is 22.6 Å². The Balaban J connectivity index is 3.70. The van der Waals surface area contributed by atoms with E-state index in [2.05, 4.69) is 0 Å². The SMILES string of the molecule is CCc1c(C(=O)O)ccc(C(Cl)(Cl)Cl)c1[S@](=O)CC. The summed E-state index contributed by atoms with van der Waals surface area (Å²) in [7, 11) is -1.40. The Bertz CT molecular complexity index is 524. The van der Waals surface area contributed by atoms with Crippen molar-refractivity contribution in [2.45, 2.75) is 29.0 Å². The summed E-state index contributed by atoms with van der Waals surface area (Å²) in [5.74, 6) is -0.758. The third kappa shape index (κ3) is 3.63. The molecule has 0 unspecified atom stereocenters. The standard InChI is InChI=1S/C12H13Cl3O3S/c1-3-7-8(11(16)17)5-6-9(12(13,14)15)10(7)19(18)4-2/h5-6H,3-4H2,1-2H3,(H,16,17)/t19-/m1/s1. The Hall–Kier alpha value is -0.290. The van der Waals surface area contributed by atoms with Crippen LogP contribution in [-0.2, 0) is 21.0 Å². The van der Waals surface area contributed by atoms with Crippen molar-refractivity contribution >= 4 is 51.6 Å². The second-order valence-corrected chi connectivity index (χ2v) is 7.72. The van der Waals surface area contributed by atoms with Gasteiger partial charge in [-0.1, -0.05) is 54.7 Å². The summed E-state index contributed by atoms with van der Waals surface area (Å²) in [4.78, 5) is 11.5. The van der Waals surface area contributed by atoms with Crippen LogP contribution in [0.2, 0.25) is 0 Å². The van der Waals surface area contributed by atoms with Gasteiger partial charge in [0, 0.05) is 11.3 Å². The lowest BCUT2D eigenvalue weighted by atomic mass is 10.0. The Morgan fingerprint density at radius 2 is 1.89 bits per heavy atom. The van der Waals surface area contributed by atoms with Gasteiger partial charge in [-0.15, -0.1) is 0 Å². The number of rotatable bonds is 4. The molecule has 106 valence electrons. The highest BCUT2D eigenvalue weighted by molar-refractivity contribution is 7.85. The van der Waals surface area contributed by atoms with Crippen molar-refractivity contribution in [3.8, 4) is 0 Å².